The molecule has 1 aromatic rings. The molecule has 1 unspecified atom stereocenters. The minimum absolute atomic E-state index is 0.277. The molecule has 2 aliphatic heterocycles. The average Bonchev–Trinajstić information content (AvgIpc) is 2.35. The summed E-state index contributed by atoms with van der Waals surface area (Å²) in [5, 5.41) is 0. The Hall–Kier alpha value is -1.68. The quantitative estimate of drug-likeness (QED) is 0.755. The summed E-state index contributed by atoms with van der Waals surface area (Å²) in [7, 11) is 0. The van der Waals surface area contributed by atoms with Crippen molar-refractivity contribution in [2.75, 3.05) is 37.8 Å². The summed E-state index contributed by atoms with van der Waals surface area (Å²) in [6.07, 6.45) is -2.80. The first kappa shape index (κ1) is 17.7. The van der Waals surface area contributed by atoms with Gasteiger partial charge in [-0.3, -0.25) is 4.90 Å². The number of halogens is 4. The van der Waals surface area contributed by atoms with E-state index in [0.717, 1.165) is 32.6 Å². The number of nitrogens with two attached hydrogens (primary N) is 2. The number of alkyl halides is 4. The van der Waals surface area contributed by atoms with Gasteiger partial charge in [-0.25, -0.2) is 9.37 Å². The molecule has 4 N–H and O–H groups in total. The van der Waals surface area contributed by atoms with Crippen LogP contribution < -0.4 is 11.5 Å². The summed E-state index contributed by atoms with van der Waals surface area (Å²) in [5.41, 5.74) is 8.89. The number of aromatic nitrogens is 2. The Morgan fingerprint density at radius 2 is 1.96 bits per heavy atom. The van der Waals surface area contributed by atoms with Crippen molar-refractivity contribution in [1.82, 2.24) is 14.9 Å². The predicted octanol–water partition coefficient (Wildman–Crippen LogP) is 1.48. The molecule has 23 heavy (non-hydrogen) atoms. The highest BCUT2D eigenvalue weighted by atomic mass is 19.4. The monoisotopic (exact) mass is 337 g/mol. The fourth-order valence-corrected chi connectivity index (χ4v) is 2.35. The fourth-order valence-electron chi connectivity index (χ4n) is 2.35. The molecule has 10 heteroatoms. The molecule has 0 aliphatic carbocycles. The maximum Gasteiger partial charge on any atom is 0.421 e. The summed E-state index contributed by atoms with van der Waals surface area (Å²) in [6, 6.07) is 0.522. The van der Waals surface area contributed by atoms with E-state index < -0.39 is 23.7 Å². The topological polar surface area (TPSA) is 90.3 Å². The Morgan fingerprint density at radius 3 is 2.43 bits per heavy atom. The highest BCUT2D eigenvalue weighted by Crippen LogP contribution is 2.31. The van der Waals surface area contributed by atoms with Crippen LogP contribution in [-0.2, 0) is 10.9 Å². The Morgan fingerprint density at radius 1 is 1.26 bits per heavy atom. The van der Waals surface area contributed by atoms with Crippen LogP contribution in [0.4, 0.5) is 29.3 Å². The third kappa shape index (κ3) is 4.90. The van der Waals surface area contributed by atoms with Gasteiger partial charge < -0.3 is 16.2 Å². The van der Waals surface area contributed by atoms with Crippen LogP contribution in [-0.4, -0.2) is 53.4 Å². The van der Waals surface area contributed by atoms with E-state index in [0.29, 0.717) is 18.8 Å². The van der Waals surface area contributed by atoms with Gasteiger partial charge in [-0.1, -0.05) is 0 Å². The SMILES string of the molecule is FC1CCCN(C2COC2)C1.Nc1ncc(C(F)(F)F)c(N)n1. The first-order chi connectivity index (χ1) is 10.8. The van der Waals surface area contributed by atoms with Gasteiger partial charge in [0.1, 0.15) is 17.6 Å². The molecule has 0 bridgehead atoms. The summed E-state index contributed by atoms with van der Waals surface area (Å²) in [5.74, 6) is -0.935. The van der Waals surface area contributed by atoms with Gasteiger partial charge in [-0.15, -0.1) is 0 Å². The van der Waals surface area contributed by atoms with Crippen molar-refractivity contribution < 1.29 is 22.3 Å². The fraction of sp³-hybridized carbons (Fsp3) is 0.692. The summed E-state index contributed by atoms with van der Waals surface area (Å²) >= 11 is 0. The van der Waals surface area contributed by atoms with Crippen LogP contribution in [0.15, 0.2) is 6.20 Å². The maximum absolute atomic E-state index is 12.9. The van der Waals surface area contributed by atoms with Crippen LogP contribution in [0.25, 0.3) is 0 Å². The standard InChI is InChI=1S/C8H14FNO.C5H5F3N4/c9-7-2-1-3-10(4-7)8-5-11-6-8;6-5(7,8)2-1-11-4(10)12-3(2)9/h7-8H,1-6H2;1H,(H4,9,10,11,12). The zero-order chi connectivity index (χ0) is 17.0. The van der Waals surface area contributed by atoms with Crippen LogP contribution >= 0.6 is 0 Å². The molecule has 3 heterocycles. The Bertz CT molecular complexity index is 524. The van der Waals surface area contributed by atoms with Gasteiger partial charge in [0.05, 0.1) is 19.3 Å². The van der Waals surface area contributed by atoms with E-state index in [4.69, 9.17) is 16.2 Å². The van der Waals surface area contributed by atoms with Crippen LogP contribution in [0.3, 0.4) is 0 Å². The van der Waals surface area contributed by atoms with E-state index in [2.05, 4.69) is 14.9 Å². The molecule has 0 radical (unpaired) electrons. The zero-order valence-electron chi connectivity index (χ0n) is 12.4. The van der Waals surface area contributed by atoms with Crippen molar-refractivity contribution in [1.29, 1.82) is 0 Å². The van der Waals surface area contributed by atoms with Crippen LogP contribution in [0.2, 0.25) is 0 Å². The molecule has 2 aliphatic rings. The number of ether oxygens (including phenoxy) is 1. The van der Waals surface area contributed by atoms with E-state index >= 15 is 0 Å². The van der Waals surface area contributed by atoms with Crippen LogP contribution in [0, 0.1) is 0 Å². The zero-order valence-corrected chi connectivity index (χ0v) is 12.4. The molecule has 1 atom stereocenters. The molecular weight excluding hydrogens is 318 g/mol. The lowest BCUT2D eigenvalue weighted by Gasteiger charge is -2.40. The summed E-state index contributed by atoms with van der Waals surface area (Å²) < 4.78 is 53.9. The Kier molecular flexibility index (Phi) is 5.58. The number of piperidine rings is 1. The van der Waals surface area contributed by atoms with E-state index in [1.807, 2.05) is 0 Å². The van der Waals surface area contributed by atoms with Gasteiger partial charge in [0.2, 0.25) is 5.95 Å². The molecule has 1 aromatic heterocycles. The number of anilines is 2. The molecule has 2 fully saturated rings. The number of hydrogen-bond acceptors (Lipinski definition) is 6. The second kappa shape index (κ2) is 7.26. The maximum atomic E-state index is 12.9. The molecule has 0 aromatic carbocycles. The number of hydrogen-bond donors (Lipinski definition) is 2. The lowest BCUT2D eigenvalue weighted by atomic mass is 10.1. The molecule has 3 rings (SSSR count). The van der Waals surface area contributed by atoms with E-state index in [1.165, 1.54) is 0 Å². The minimum atomic E-state index is -4.53. The second-order valence-corrected chi connectivity index (χ2v) is 5.45. The van der Waals surface area contributed by atoms with E-state index in [1.54, 1.807) is 0 Å². The van der Waals surface area contributed by atoms with Crippen molar-refractivity contribution in [2.45, 2.75) is 31.2 Å². The number of likely N-dealkylation sites (tertiary alicyclic amines) is 1. The molecule has 0 saturated carbocycles. The van der Waals surface area contributed by atoms with Gasteiger partial charge in [0, 0.05) is 12.7 Å². The Labute approximate surface area is 130 Å². The van der Waals surface area contributed by atoms with Crippen molar-refractivity contribution in [3.8, 4) is 0 Å². The number of nitrogen functional groups attached to an aromatic ring is 2. The molecule has 2 saturated heterocycles. The summed E-state index contributed by atoms with van der Waals surface area (Å²) in [4.78, 5) is 8.56. The van der Waals surface area contributed by atoms with Crippen molar-refractivity contribution in [3.05, 3.63) is 11.8 Å². The van der Waals surface area contributed by atoms with Gasteiger partial charge in [0.15, 0.2) is 0 Å². The second-order valence-electron chi connectivity index (χ2n) is 5.45. The van der Waals surface area contributed by atoms with Crippen molar-refractivity contribution >= 4 is 11.8 Å². The molecular formula is C13H19F4N5O. The van der Waals surface area contributed by atoms with Gasteiger partial charge in [-0.2, -0.15) is 18.2 Å². The third-order valence-corrected chi connectivity index (χ3v) is 3.67. The van der Waals surface area contributed by atoms with Gasteiger partial charge >= 0.3 is 6.18 Å². The van der Waals surface area contributed by atoms with Gasteiger partial charge in [-0.05, 0) is 19.4 Å². The van der Waals surface area contributed by atoms with Crippen molar-refractivity contribution in [3.63, 3.8) is 0 Å². The number of nitrogens with zero attached hydrogens (tertiary/aromatic N) is 3. The highest BCUT2D eigenvalue weighted by molar-refractivity contribution is 5.42. The normalized spacial score (nSPS) is 22.9. The third-order valence-electron chi connectivity index (χ3n) is 3.67. The average molecular weight is 337 g/mol. The number of rotatable bonds is 1. The lowest BCUT2D eigenvalue weighted by molar-refractivity contribution is -0.137. The molecule has 130 valence electrons. The first-order valence-corrected chi connectivity index (χ1v) is 7.18. The van der Waals surface area contributed by atoms with Gasteiger partial charge in [0.25, 0.3) is 0 Å². The minimum Gasteiger partial charge on any atom is -0.383 e. The summed E-state index contributed by atoms with van der Waals surface area (Å²) in [6.45, 7) is 3.32. The van der Waals surface area contributed by atoms with Crippen LogP contribution in [0.1, 0.15) is 18.4 Å². The van der Waals surface area contributed by atoms with Crippen molar-refractivity contribution in [2.24, 2.45) is 0 Å². The van der Waals surface area contributed by atoms with E-state index in [9.17, 15) is 17.6 Å². The predicted molar refractivity (Wildman–Crippen MR) is 76.2 cm³/mol. The smallest absolute Gasteiger partial charge is 0.383 e. The molecule has 0 amide bonds. The Balaban J connectivity index is 0.000000167. The highest BCUT2D eigenvalue weighted by Gasteiger charge is 2.34. The molecule has 0 spiro atoms. The first-order valence-electron chi connectivity index (χ1n) is 7.18. The lowest BCUT2D eigenvalue weighted by Crippen LogP contribution is -2.52. The largest absolute Gasteiger partial charge is 0.421 e. The van der Waals surface area contributed by atoms with E-state index in [-0.39, 0.29) is 5.95 Å². The molecule has 6 nitrogen and oxygen atoms in total. The van der Waals surface area contributed by atoms with Crippen LogP contribution in [0.5, 0.6) is 0 Å².